The molecule has 2 N–H and O–H groups in total. The van der Waals surface area contributed by atoms with Crippen molar-refractivity contribution < 1.29 is 0 Å². The molecule has 0 aliphatic carbocycles. The number of nitrogens with one attached hydrogen (secondary N) is 2. The molecular weight excluding hydrogens is 246 g/mol. The lowest BCUT2D eigenvalue weighted by Crippen LogP contribution is -2.19. The molecule has 0 fully saturated rings. The van der Waals surface area contributed by atoms with Gasteiger partial charge in [-0.3, -0.25) is 9.55 Å². The molecule has 0 bridgehead atoms. The third-order valence-corrected chi connectivity index (χ3v) is 2.30. The van der Waals surface area contributed by atoms with Gasteiger partial charge in [-0.25, -0.2) is 14.3 Å². The molecule has 0 aliphatic heterocycles. The zero-order valence-electron chi connectivity index (χ0n) is 11.0. The van der Waals surface area contributed by atoms with Gasteiger partial charge in [0, 0.05) is 18.4 Å². The average Bonchev–Trinajstić information content (AvgIpc) is 2.87. The van der Waals surface area contributed by atoms with E-state index in [-0.39, 0.29) is 30.9 Å². The van der Waals surface area contributed by atoms with Gasteiger partial charge in [0.1, 0.15) is 6.33 Å². The molecule has 2 heterocycles. The van der Waals surface area contributed by atoms with Crippen molar-refractivity contribution in [2.45, 2.75) is 47.2 Å². The molecule has 0 saturated heterocycles. The summed E-state index contributed by atoms with van der Waals surface area (Å²) in [6.07, 6.45) is 4.78. The lowest BCUT2D eigenvalue weighted by molar-refractivity contribution is 0.514. The van der Waals surface area contributed by atoms with E-state index in [2.05, 4.69) is 15.1 Å². The topological polar surface area (TPSA) is 88.5 Å². The van der Waals surface area contributed by atoms with Gasteiger partial charge in [-0.15, -0.1) is 0 Å². The van der Waals surface area contributed by atoms with Crippen LogP contribution in [0.4, 0.5) is 0 Å². The summed E-state index contributed by atoms with van der Waals surface area (Å²) in [6, 6.07) is 0.396. The van der Waals surface area contributed by atoms with Crippen LogP contribution in [-0.4, -0.2) is 24.3 Å². The second-order valence-corrected chi connectivity index (χ2v) is 4.40. The molecule has 0 spiro atoms. The quantitative estimate of drug-likeness (QED) is 0.866. The summed E-state index contributed by atoms with van der Waals surface area (Å²) < 4.78 is 3.03. The monoisotopic (exact) mass is 269 g/mol. The van der Waals surface area contributed by atoms with Crippen molar-refractivity contribution in [3.8, 4) is 0 Å². The second-order valence-electron chi connectivity index (χ2n) is 4.40. The van der Waals surface area contributed by atoms with Gasteiger partial charge in [0.2, 0.25) is 0 Å². The van der Waals surface area contributed by atoms with E-state index in [9.17, 15) is 9.59 Å². The maximum Gasteiger partial charge on any atom is 0.343 e. The van der Waals surface area contributed by atoms with Gasteiger partial charge in [0.05, 0.1) is 6.04 Å². The van der Waals surface area contributed by atoms with Crippen LogP contribution in [0.1, 0.15) is 47.2 Å². The number of nitrogens with zero attached hydrogens (tertiary/aromatic N) is 3. The SMILES string of the molecule is C.CC(C)n1cc[nH]c1=O.CC(C)n1nc[nH]c1=O. The molecule has 0 atom stereocenters. The maximum atomic E-state index is 10.8. The molecule has 0 aliphatic rings. The van der Waals surface area contributed by atoms with Crippen molar-refractivity contribution in [2.24, 2.45) is 0 Å². The summed E-state index contributed by atoms with van der Waals surface area (Å²) in [4.78, 5) is 26.5. The van der Waals surface area contributed by atoms with Gasteiger partial charge in [-0.1, -0.05) is 7.43 Å². The Morgan fingerprint density at radius 2 is 1.68 bits per heavy atom. The molecule has 7 nitrogen and oxygen atoms in total. The number of hydrogen-bond acceptors (Lipinski definition) is 3. The molecule has 108 valence electrons. The smallest absolute Gasteiger partial charge is 0.313 e. The highest BCUT2D eigenvalue weighted by Crippen LogP contribution is 1.95. The Morgan fingerprint density at radius 1 is 1.05 bits per heavy atom. The molecule has 0 aromatic carbocycles. The van der Waals surface area contributed by atoms with Crippen LogP contribution in [0.5, 0.6) is 0 Å². The van der Waals surface area contributed by atoms with Crippen LogP contribution >= 0.6 is 0 Å². The first-order chi connectivity index (χ1) is 8.43. The third-order valence-electron chi connectivity index (χ3n) is 2.30. The van der Waals surface area contributed by atoms with Crippen molar-refractivity contribution in [1.29, 1.82) is 0 Å². The minimum atomic E-state index is -0.148. The summed E-state index contributed by atoms with van der Waals surface area (Å²) in [7, 11) is 0. The standard InChI is InChI=1S/C6H10N2O.C5H9N3O.CH4/c1-5(2)8-4-3-7-6(8)9;1-4(2)8-5(9)6-3-7-8;/h3-5H,1-2H3,(H,7,9);3-4H,1-2H3,(H,6,7,9);1H4. The highest BCUT2D eigenvalue weighted by Gasteiger charge is 1.99. The van der Waals surface area contributed by atoms with Gasteiger partial charge < -0.3 is 4.98 Å². The maximum absolute atomic E-state index is 10.8. The molecule has 2 aromatic heterocycles. The third kappa shape index (κ3) is 4.61. The number of aromatic nitrogens is 5. The Morgan fingerprint density at radius 3 is 1.89 bits per heavy atom. The summed E-state index contributed by atoms with van der Waals surface area (Å²) in [5.41, 5.74) is -0.185. The number of hydrogen-bond donors (Lipinski definition) is 2. The van der Waals surface area contributed by atoms with E-state index in [0.717, 1.165) is 0 Å². The Hall–Kier alpha value is -2.05. The Bertz CT molecular complexity index is 521. The lowest BCUT2D eigenvalue weighted by atomic mass is 10.4. The minimum absolute atomic E-state index is 0. The first-order valence-corrected chi connectivity index (χ1v) is 5.81. The van der Waals surface area contributed by atoms with Gasteiger partial charge in [-0.05, 0) is 27.7 Å². The average molecular weight is 269 g/mol. The zero-order chi connectivity index (χ0) is 13.7. The van der Waals surface area contributed by atoms with Crippen molar-refractivity contribution >= 4 is 0 Å². The van der Waals surface area contributed by atoms with Crippen LogP contribution in [0.15, 0.2) is 28.3 Å². The molecule has 2 rings (SSSR count). The van der Waals surface area contributed by atoms with Crippen LogP contribution in [0.25, 0.3) is 0 Å². The van der Waals surface area contributed by atoms with Crippen molar-refractivity contribution in [2.75, 3.05) is 0 Å². The largest absolute Gasteiger partial charge is 0.343 e. The van der Waals surface area contributed by atoms with E-state index in [1.54, 1.807) is 17.0 Å². The highest BCUT2D eigenvalue weighted by molar-refractivity contribution is 4.78. The van der Waals surface area contributed by atoms with Gasteiger partial charge >= 0.3 is 11.4 Å². The molecular formula is C12H23N5O2. The van der Waals surface area contributed by atoms with Crippen molar-refractivity contribution in [3.05, 3.63) is 39.7 Å². The summed E-state index contributed by atoms with van der Waals surface area (Å²) in [5.74, 6) is 0. The van der Waals surface area contributed by atoms with Crippen molar-refractivity contribution in [1.82, 2.24) is 24.3 Å². The molecule has 19 heavy (non-hydrogen) atoms. The number of H-pyrrole nitrogens is 2. The fraction of sp³-hybridized carbons (Fsp3) is 0.583. The van der Waals surface area contributed by atoms with Gasteiger partial charge in [-0.2, -0.15) is 5.10 Å². The zero-order valence-corrected chi connectivity index (χ0v) is 11.0. The number of imidazole rings is 1. The van der Waals surface area contributed by atoms with Crippen LogP contribution in [0.3, 0.4) is 0 Å². The number of aromatic amines is 2. The van der Waals surface area contributed by atoms with E-state index in [1.165, 1.54) is 11.0 Å². The first kappa shape index (κ1) is 16.9. The lowest BCUT2D eigenvalue weighted by Gasteiger charge is -2.01. The van der Waals surface area contributed by atoms with Crippen LogP contribution in [0.2, 0.25) is 0 Å². The molecule has 7 heteroatoms. The van der Waals surface area contributed by atoms with E-state index < -0.39 is 0 Å². The summed E-state index contributed by atoms with van der Waals surface area (Å²) in [6.45, 7) is 7.74. The fourth-order valence-electron chi connectivity index (χ4n) is 1.37. The highest BCUT2D eigenvalue weighted by atomic mass is 16.2. The van der Waals surface area contributed by atoms with E-state index in [0.29, 0.717) is 0 Å². The molecule has 0 unspecified atom stereocenters. The van der Waals surface area contributed by atoms with E-state index >= 15 is 0 Å². The van der Waals surface area contributed by atoms with Gasteiger partial charge in [0.15, 0.2) is 0 Å². The van der Waals surface area contributed by atoms with Crippen LogP contribution in [0, 0.1) is 0 Å². The molecule has 0 amide bonds. The molecule has 2 aromatic rings. The molecule has 0 radical (unpaired) electrons. The normalized spacial score (nSPS) is 10.0. The van der Waals surface area contributed by atoms with E-state index in [4.69, 9.17) is 0 Å². The Kier molecular flexibility index (Phi) is 6.60. The Labute approximate surface area is 112 Å². The van der Waals surface area contributed by atoms with Crippen molar-refractivity contribution in [3.63, 3.8) is 0 Å². The number of rotatable bonds is 2. The summed E-state index contributed by atoms with van der Waals surface area (Å²) in [5, 5.41) is 3.76. The predicted molar refractivity (Wildman–Crippen MR) is 75.4 cm³/mol. The summed E-state index contributed by atoms with van der Waals surface area (Å²) >= 11 is 0. The van der Waals surface area contributed by atoms with Crippen LogP contribution in [-0.2, 0) is 0 Å². The van der Waals surface area contributed by atoms with Crippen LogP contribution < -0.4 is 11.4 Å². The Balaban J connectivity index is 0.000000324. The first-order valence-electron chi connectivity index (χ1n) is 5.81. The fourth-order valence-corrected chi connectivity index (χ4v) is 1.37. The van der Waals surface area contributed by atoms with E-state index in [1.807, 2.05) is 27.7 Å². The molecule has 0 saturated carbocycles. The minimum Gasteiger partial charge on any atom is -0.313 e. The van der Waals surface area contributed by atoms with Gasteiger partial charge in [0.25, 0.3) is 0 Å². The second kappa shape index (κ2) is 7.40. The predicted octanol–water partition coefficient (Wildman–Crippen LogP) is 1.55.